The van der Waals surface area contributed by atoms with E-state index in [1.54, 1.807) is 41.1 Å². The number of hydrogen-bond donors (Lipinski definition) is 0. The van der Waals surface area contributed by atoms with Crippen molar-refractivity contribution in [1.82, 2.24) is 19.5 Å². The number of rotatable bonds is 3. The average Bonchev–Trinajstić information content (AvgIpc) is 3.27. The number of aromatic nitrogens is 4. The van der Waals surface area contributed by atoms with Crippen molar-refractivity contribution in [3.63, 3.8) is 0 Å². The smallest absolute Gasteiger partial charge is 0.329 e. The van der Waals surface area contributed by atoms with Gasteiger partial charge in [-0.15, -0.1) is 0 Å². The van der Waals surface area contributed by atoms with E-state index in [1.807, 2.05) is 6.07 Å². The Labute approximate surface area is 157 Å². The number of fused-ring (bicyclic) bond motifs is 1. The molecule has 28 heavy (non-hydrogen) atoms. The molecule has 3 heterocycles. The van der Waals surface area contributed by atoms with Crippen LogP contribution in [0.4, 0.5) is 19.0 Å². The topological polar surface area (TPSA) is 85.7 Å². The average molecular weight is 407 g/mol. The maximum absolute atomic E-state index is 12.9. The van der Waals surface area contributed by atoms with Crippen molar-refractivity contribution in [1.29, 1.82) is 0 Å². The van der Waals surface area contributed by atoms with Crippen LogP contribution in [0, 0.1) is 0 Å². The highest BCUT2D eigenvalue weighted by Crippen LogP contribution is 2.30. The SMILES string of the molecule is CS(=O)(=Nc1cn2ccc(-c3noc(C(F)(F)F)n3)cc2n1)c1ccccc1. The van der Waals surface area contributed by atoms with Crippen LogP contribution >= 0.6 is 0 Å². The highest BCUT2D eigenvalue weighted by Gasteiger charge is 2.38. The van der Waals surface area contributed by atoms with Gasteiger partial charge in [0.1, 0.15) is 5.65 Å². The van der Waals surface area contributed by atoms with E-state index in [0.29, 0.717) is 16.1 Å². The summed E-state index contributed by atoms with van der Waals surface area (Å²) in [5.41, 5.74) is 0.682. The van der Waals surface area contributed by atoms with Gasteiger partial charge in [-0.3, -0.25) is 0 Å². The second kappa shape index (κ2) is 6.44. The molecule has 3 aromatic heterocycles. The summed E-state index contributed by atoms with van der Waals surface area (Å²) in [6, 6.07) is 11.8. The Morgan fingerprint density at radius 3 is 2.57 bits per heavy atom. The van der Waals surface area contributed by atoms with Crippen molar-refractivity contribution in [2.75, 3.05) is 6.26 Å². The first-order valence-corrected chi connectivity index (χ1v) is 9.82. The summed E-state index contributed by atoms with van der Waals surface area (Å²) in [4.78, 5) is 8.20. The summed E-state index contributed by atoms with van der Waals surface area (Å²) in [5, 5.41) is 3.35. The molecule has 0 bridgehead atoms. The van der Waals surface area contributed by atoms with Gasteiger partial charge in [-0.1, -0.05) is 23.4 Å². The Bertz CT molecular complexity index is 1270. The Hall–Kier alpha value is -3.21. The monoisotopic (exact) mass is 407 g/mol. The summed E-state index contributed by atoms with van der Waals surface area (Å²) in [6.45, 7) is 0. The van der Waals surface area contributed by atoms with Crippen LogP contribution in [0.2, 0.25) is 0 Å². The summed E-state index contributed by atoms with van der Waals surface area (Å²) in [6.07, 6.45) is -0.0634. The largest absolute Gasteiger partial charge is 0.471 e. The van der Waals surface area contributed by atoms with E-state index in [-0.39, 0.29) is 11.6 Å². The van der Waals surface area contributed by atoms with Crippen LogP contribution in [0.15, 0.2) is 68.6 Å². The van der Waals surface area contributed by atoms with Gasteiger partial charge in [0.05, 0.1) is 15.9 Å². The number of halogens is 3. The van der Waals surface area contributed by atoms with Crippen molar-refractivity contribution in [2.45, 2.75) is 11.1 Å². The van der Waals surface area contributed by atoms with Gasteiger partial charge in [-0.2, -0.15) is 22.5 Å². The first-order valence-electron chi connectivity index (χ1n) is 7.90. The number of nitrogens with zero attached hydrogens (tertiary/aromatic N) is 5. The number of alkyl halides is 3. The molecule has 0 aliphatic heterocycles. The molecule has 1 atom stereocenters. The predicted octanol–water partition coefficient (Wildman–Crippen LogP) is 4.19. The Morgan fingerprint density at radius 1 is 1.14 bits per heavy atom. The molecule has 0 saturated heterocycles. The molecule has 0 aliphatic rings. The van der Waals surface area contributed by atoms with Crippen molar-refractivity contribution >= 4 is 21.2 Å². The zero-order valence-corrected chi connectivity index (χ0v) is 15.1. The lowest BCUT2D eigenvalue weighted by molar-refractivity contribution is -0.159. The molecule has 4 rings (SSSR count). The molecule has 0 N–H and O–H groups in total. The summed E-state index contributed by atoms with van der Waals surface area (Å²) in [7, 11) is -2.70. The van der Waals surface area contributed by atoms with E-state index in [1.165, 1.54) is 18.4 Å². The van der Waals surface area contributed by atoms with Crippen LogP contribution in [0.25, 0.3) is 17.0 Å². The molecule has 144 valence electrons. The predicted molar refractivity (Wildman–Crippen MR) is 94.3 cm³/mol. The quantitative estimate of drug-likeness (QED) is 0.508. The molecular formula is C17H12F3N5O2S. The van der Waals surface area contributed by atoms with E-state index in [4.69, 9.17) is 0 Å². The van der Waals surface area contributed by atoms with Gasteiger partial charge < -0.3 is 8.92 Å². The third-order valence-corrected chi connectivity index (χ3v) is 5.50. The molecule has 11 heteroatoms. The molecule has 0 aliphatic carbocycles. The Kier molecular flexibility index (Phi) is 4.18. The molecule has 0 amide bonds. The van der Waals surface area contributed by atoms with Gasteiger partial charge in [0, 0.05) is 22.9 Å². The minimum Gasteiger partial charge on any atom is -0.329 e. The second-order valence-corrected chi connectivity index (χ2v) is 8.17. The molecular weight excluding hydrogens is 395 g/mol. The molecule has 7 nitrogen and oxygen atoms in total. The Balaban J connectivity index is 1.72. The third-order valence-electron chi connectivity index (χ3n) is 3.82. The molecule has 0 saturated carbocycles. The van der Waals surface area contributed by atoms with Crippen LogP contribution in [-0.4, -0.2) is 30.0 Å². The van der Waals surface area contributed by atoms with Gasteiger partial charge in [-0.05, 0) is 24.3 Å². The van der Waals surface area contributed by atoms with Crippen LogP contribution in [-0.2, 0) is 15.9 Å². The maximum Gasteiger partial charge on any atom is 0.471 e. The van der Waals surface area contributed by atoms with Crippen LogP contribution in [0.3, 0.4) is 0 Å². The minimum atomic E-state index is -4.71. The lowest BCUT2D eigenvalue weighted by Crippen LogP contribution is -2.04. The van der Waals surface area contributed by atoms with E-state index < -0.39 is 21.8 Å². The highest BCUT2D eigenvalue weighted by atomic mass is 32.2. The lowest BCUT2D eigenvalue weighted by Gasteiger charge is -2.01. The lowest BCUT2D eigenvalue weighted by atomic mass is 10.2. The molecule has 0 fully saturated rings. The van der Waals surface area contributed by atoms with Crippen molar-refractivity contribution in [3.8, 4) is 11.4 Å². The zero-order chi connectivity index (χ0) is 19.9. The van der Waals surface area contributed by atoms with E-state index in [2.05, 4.69) is 24.0 Å². The fourth-order valence-corrected chi connectivity index (χ4v) is 3.72. The van der Waals surface area contributed by atoms with Gasteiger partial charge >= 0.3 is 12.1 Å². The van der Waals surface area contributed by atoms with Crippen LogP contribution in [0.1, 0.15) is 5.89 Å². The first kappa shape index (κ1) is 18.2. The van der Waals surface area contributed by atoms with Gasteiger partial charge in [0.2, 0.25) is 5.82 Å². The highest BCUT2D eigenvalue weighted by molar-refractivity contribution is 7.93. The zero-order valence-electron chi connectivity index (χ0n) is 14.3. The van der Waals surface area contributed by atoms with E-state index in [9.17, 15) is 17.4 Å². The van der Waals surface area contributed by atoms with Crippen LogP contribution in [0.5, 0.6) is 0 Å². The van der Waals surface area contributed by atoms with Crippen molar-refractivity contribution in [3.05, 3.63) is 60.7 Å². The molecule has 0 spiro atoms. The summed E-state index contributed by atoms with van der Waals surface area (Å²) >= 11 is 0. The van der Waals surface area contributed by atoms with Crippen molar-refractivity contribution in [2.24, 2.45) is 4.36 Å². The molecule has 0 radical (unpaired) electrons. The normalized spacial score (nSPS) is 14.1. The van der Waals surface area contributed by atoms with Crippen LogP contribution < -0.4 is 0 Å². The molecule has 4 aromatic rings. The molecule has 1 aromatic carbocycles. The second-order valence-electron chi connectivity index (χ2n) is 5.91. The number of imidazole rings is 1. The fraction of sp³-hybridized carbons (Fsp3) is 0.118. The summed E-state index contributed by atoms with van der Waals surface area (Å²) < 4.78 is 60.8. The molecule has 1 unspecified atom stereocenters. The van der Waals surface area contributed by atoms with E-state index in [0.717, 1.165) is 0 Å². The van der Waals surface area contributed by atoms with Gasteiger partial charge in [0.15, 0.2) is 5.82 Å². The first-order chi connectivity index (χ1) is 13.2. The Morgan fingerprint density at radius 2 is 1.89 bits per heavy atom. The maximum atomic E-state index is 12.9. The van der Waals surface area contributed by atoms with E-state index >= 15 is 0 Å². The van der Waals surface area contributed by atoms with Crippen molar-refractivity contribution < 1.29 is 21.9 Å². The third kappa shape index (κ3) is 3.48. The summed E-state index contributed by atoms with van der Waals surface area (Å²) in [5.74, 6) is -1.40. The van der Waals surface area contributed by atoms with Gasteiger partial charge in [-0.25, -0.2) is 9.19 Å². The number of hydrogen-bond acceptors (Lipinski definition) is 6. The standard InChI is InChI=1S/C17H12F3N5O2S/c1-28(26,12-5-3-2-4-6-12)24-13-10-25-8-7-11(9-14(25)21-13)15-22-16(27-23-15)17(18,19)20/h2-10H,1H3. The number of benzene rings is 1. The van der Waals surface area contributed by atoms with Gasteiger partial charge in [0.25, 0.3) is 0 Å². The minimum absolute atomic E-state index is 0.208. The fourth-order valence-electron chi connectivity index (χ4n) is 2.51. The number of pyridine rings is 1.